The second-order valence-electron chi connectivity index (χ2n) is 5.87. The standard InChI is InChI=1S/C19H18Cl2N2O2S/c1-12-10-14(20)6-7-17(12)25-11-18(24)23-8-9-26-19(23)22-16-5-3-4-15(21)13(16)2/h3-7,10H,8-9,11H2,1-2H3. The molecule has 4 nitrogen and oxygen atoms in total. The minimum atomic E-state index is -0.122. The van der Waals surface area contributed by atoms with E-state index in [1.54, 1.807) is 28.8 Å². The third-order valence-electron chi connectivity index (χ3n) is 4.02. The first-order valence-electron chi connectivity index (χ1n) is 8.11. The molecule has 2 aromatic carbocycles. The van der Waals surface area contributed by atoms with Crippen LogP contribution in [0, 0.1) is 13.8 Å². The largest absolute Gasteiger partial charge is 0.483 e. The SMILES string of the molecule is Cc1cc(Cl)ccc1OCC(=O)N1CCSC1=Nc1cccc(Cl)c1C. The highest BCUT2D eigenvalue weighted by molar-refractivity contribution is 8.14. The van der Waals surface area contributed by atoms with Crippen molar-refractivity contribution in [3.63, 3.8) is 0 Å². The van der Waals surface area contributed by atoms with Crippen LogP contribution in [0.4, 0.5) is 5.69 Å². The molecular formula is C19H18Cl2N2O2S. The van der Waals surface area contributed by atoms with Crippen LogP contribution >= 0.6 is 35.0 Å². The summed E-state index contributed by atoms with van der Waals surface area (Å²) in [5.74, 6) is 1.34. The lowest BCUT2D eigenvalue weighted by Crippen LogP contribution is -2.35. The van der Waals surface area contributed by atoms with Gasteiger partial charge < -0.3 is 4.74 Å². The number of ether oxygens (including phenoxy) is 1. The Morgan fingerprint density at radius 2 is 2.08 bits per heavy atom. The lowest BCUT2D eigenvalue weighted by Gasteiger charge is -2.17. The maximum atomic E-state index is 12.6. The van der Waals surface area contributed by atoms with Crippen molar-refractivity contribution in [3.05, 3.63) is 57.6 Å². The average molecular weight is 409 g/mol. The fraction of sp³-hybridized carbons (Fsp3) is 0.263. The van der Waals surface area contributed by atoms with E-state index in [-0.39, 0.29) is 12.5 Å². The van der Waals surface area contributed by atoms with Crippen molar-refractivity contribution in [3.8, 4) is 5.75 Å². The van der Waals surface area contributed by atoms with Crippen LogP contribution in [0.25, 0.3) is 0 Å². The van der Waals surface area contributed by atoms with E-state index < -0.39 is 0 Å². The Balaban J connectivity index is 1.72. The Bertz CT molecular complexity index is 871. The molecule has 0 aromatic heterocycles. The van der Waals surface area contributed by atoms with Gasteiger partial charge in [0.05, 0.1) is 5.69 Å². The molecule has 7 heteroatoms. The average Bonchev–Trinajstić information content (AvgIpc) is 3.06. The summed E-state index contributed by atoms with van der Waals surface area (Å²) in [6.45, 7) is 4.38. The van der Waals surface area contributed by atoms with E-state index in [1.807, 2.05) is 38.1 Å². The Morgan fingerprint density at radius 1 is 1.27 bits per heavy atom. The van der Waals surface area contributed by atoms with Gasteiger partial charge in [0.2, 0.25) is 0 Å². The van der Waals surface area contributed by atoms with Gasteiger partial charge in [-0.05, 0) is 55.3 Å². The third-order valence-corrected chi connectivity index (χ3v) is 5.62. The van der Waals surface area contributed by atoms with Crippen molar-refractivity contribution < 1.29 is 9.53 Å². The molecule has 2 aromatic rings. The molecule has 0 saturated carbocycles. The molecule has 1 fully saturated rings. The molecule has 1 aliphatic rings. The molecule has 1 aliphatic heterocycles. The summed E-state index contributed by atoms with van der Waals surface area (Å²) >= 11 is 13.7. The fourth-order valence-electron chi connectivity index (χ4n) is 2.54. The maximum absolute atomic E-state index is 12.6. The Kier molecular flexibility index (Phi) is 6.12. The van der Waals surface area contributed by atoms with E-state index in [1.165, 1.54) is 0 Å². The van der Waals surface area contributed by atoms with Crippen LogP contribution in [0.15, 0.2) is 41.4 Å². The number of aryl methyl sites for hydroxylation is 1. The van der Waals surface area contributed by atoms with E-state index in [2.05, 4.69) is 4.99 Å². The number of amides is 1. The second kappa shape index (κ2) is 8.33. The summed E-state index contributed by atoms with van der Waals surface area (Å²) in [7, 11) is 0. The van der Waals surface area contributed by atoms with Crippen LogP contribution in [0.1, 0.15) is 11.1 Å². The van der Waals surface area contributed by atoms with Gasteiger partial charge in [0, 0.05) is 22.3 Å². The predicted molar refractivity (Wildman–Crippen MR) is 109 cm³/mol. The molecule has 0 aliphatic carbocycles. The molecule has 1 saturated heterocycles. The zero-order valence-electron chi connectivity index (χ0n) is 14.5. The van der Waals surface area contributed by atoms with E-state index in [9.17, 15) is 4.79 Å². The molecule has 0 bridgehead atoms. The van der Waals surface area contributed by atoms with Crippen LogP contribution in [0.5, 0.6) is 5.75 Å². The molecule has 0 atom stereocenters. The summed E-state index contributed by atoms with van der Waals surface area (Å²) in [6.07, 6.45) is 0. The number of hydrogen-bond donors (Lipinski definition) is 0. The van der Waals surface area contributed by atoms with Crippen molar-refractivity contribution in [1.29, 1.82) is 0 Å². The first kappa shape index (κ1) is 19.1. The van der Waals surface area contributed by atoms with Gasteiger partial charge in [-0.25, -0.2) is 4.99 Å². The quantitative estimate of drug-likeness (QED) is 0.693. The van der Waals surface area contributed by atoms with Gasteiger partial charge in [-0.1, -0.05) is 41.0 Å². The number of thioether (sulfide) groups is 1. The summed E-state index contributed by atoms with van der Waals surface area (Å²) in [5, 5.41) is 1.98. The normalized spacial score (nSPS) is 15.5. The highest BCUT2D eigenvalue weighted by Crippen LogP contribution is 2.29. The van der Waals surface area contributed by atoms with Crippen molar-refractivity contribution in [2.24, 2.45) is 4.99 Å². The molecule has 136 valence electrons. The topological polar surface area (TPSA) is 41.9 Å². The number of carbonyl (C=O) groups is 1. The number of halogens is 2. The second-order valence-corrected chi connectivity index (χ2v) is 7.78. The Hall–Kier alpha value is -1.69. The molecule has 0 unspecified atom stereocenters. The molecule has 0 N–H and O–H groups in total. The number of aliphatic imine (C=N–C) groups is 1. The lowest BCUT2D eigenvalue weighted by molar-refractivity contribution is -0.129. The zero-order valence-corrected chi connectivity index (χ0v) is 16.8. The van der Waals surface area contributed by atoms with Crippen LogP contribution in [0.2, 0.25) is 10.0 Å². The molecule has 3 rings (SSSR count). The smallest absolute Gasteiger partial charge is 0.266 e. The number of nitrogens with zero attached hydrogens (tertiary/aromatic N) is 2. The number of hydrogen-bond acceptors (Lipinski definition) is 4. The van der Waals surface area contributed by atoms with Gasteiger partial charge >= 0.3 is 0 Å². The summed E-state index contributed by atoms with van der Waals surface area (Å²) in [5.41, 5.74) is 2.56. The maximum Gasteiger partial charge on any atom is 0.266 e. The minimum absolute atomic E-state index is 0.0451. The molecule has 26 heavy (non-hydrogen) atoms. The number of carbonyl (C=O) groups excluding carboxylic acids is 1. The monoisotopic (exact) mass is 408 g/mol. The van der Waals surface area contributed by atoms with Gasteiger partial charge in [0.25, 0.3) is 5.91 Å². The summed E-state index contributed by atoms with van der Waals surface area (Å²) < 4.78 is 5.67. The van der Waals surface area contributed by atoms with Crippen molar-refractivity contribution in [1.82, 2.24) is 4.90 Å². The van der Waals surface area contributed by atoms with Crippen LogP contribution < -0.4 is 4.74 Å². The van der Waals surface area contributed by atoms with E-state index in [4.69, 9.17) is 27.9 Å². The van der Waals surface area contributed by atoms with Crippen molar-refractivity contribution >= 4 is 51.7 Å². The Labute approximate surface area is 167 Å². The van der Waals surface area contributed by atoms with Gasteiger partial charge in [-0.3, -0.25) is 9.69 Å². The van der Waals surface area contributed by atoms with E-state index >= 15 is 0 Å². The summed E-state index contributed by atoms with van der Waals surface area (Å²) in [6, 6.07) is 10.9. The van der Waals surface area contributed by atoms with Gasteiger partial charge in [-0.2, -0.15) is 0 Å². The molecule has 1 heterocycles. The van der Waals surface area contributed by atoms with Crippen molar-refractivity contribution in [2.45, 2.75) is 13.8 Å². The fourth-order valence-corrected chi connectivity index (χ4v) is 3.90. The Morgan fingerprint density at radius 3 is 2.85 bits per heavy atom. The van der Waals surface area contributed by atoms with Gasteiger partial charge in [0.1, 0.15) is 5.75 Å². The number of rotatable bonds is 4. The zero-order chi connectivity index (χ0) is 18.7. The molecule has 1 amide bonds. The molecule has 0 spiro atoms. The number of benzene rings is 2. The molecule has 0 radical (unpaired) electrons. The first-order chi connectivity index (χ1) is 12.5. The minimum Gasteiger partial charge on any atom is -0.483 e. The van der Waals surface area contributed by atoms with Crippen LogP contribution in [0.3, 0.4) is 0 Å². The first-order valence-corrected chi connectivity index (χ1v) is 9.86. The lowest BCUT2D eigenvalue weighted by atomic mass is 10.2. The van der Waals surface area contributed by atoms with Gasteiger partial charge in [-0.15, -0.1) is 0 Å². The third kappa shape index (κ3) is 4.34. The van der Waals surface area contributed by atoms with Crippen LogP contribution in [-0.4, -0.2) is 34.9 Å². The van der Waals surface area contributed by atoms with Crippen LogP contribution in [-0.2, 0) is 4.79 Å². The highest BCUT2D eigenvalue weighted by Gasteiger charge is 2.26. The highest BCUT2D eigenvalue weighted by atomic mass is 35.5. The van der Waals surface area contributed by atoms with Gasteiger partial charge in [0.15, 0.2) is 11.8 Å². The summed E-state index contributed by atoms with van der Waals surface area (Å²) in [4.78, 5) is 18.9. The van der Waals surface area contributed by atoms with E-state index in [0.29, 0.717) is 27.5 Å². The molecular weight excluding hydrogens is 391 g/mol. The number of amidine groups is 1. The predicted octanol–water partition coefficient (Wildman–Crippen LogP) is 5.25. The van der Waals surface area contributed by atoms with Crippen molar-refractivity contribution in [2.75, 3.05) is 18.9 Å². The van der Waals surface area contributed by atoms with E-state index in [0.717, 1.165) is 22.6 Å².